The molecule has 1 aromatic carbocycles. The average molecular weight is 287 g/mol. The highest BCUT2D eigenvalue weighted by Gasteiger charge is 2.34. The molecule has 0 bridgehead atoms. The zero-order valence-electron chi connectivity index (χ0n) is 10.4. The van der Waals surface area contributed by atoms with E-state index in [4.69, 9.17) is 25.8 Å². The highest BCUT2D eigenvalue weighted by molar-refractivity contribution is 6.30. The quantitative estimate of drug-likeness (QED) is 0.852. The molecule has 0 aliphatic carbocycles. The Labute approximate surface area is 116 Å². The smallest absolute Gasteiger partial charge is 0.338 e. The Hall–Kier alpha value is -1.14. The van der Waals surface area contributed by atoms with Crippen LogP contribution in [0.15, 0.2) is 24.3 Å². The topological polar surface area (TPSA) is 65.0 Å². The van der Waals surface area contributed by atoms with E-state index in [2.05, 4.69) is 0 Å². The van der Waals surface area contributed by atoms with Crippen molar-refractivity contribution in [1.82, 2.24) is 0 Å². The van der Waals surface area contributed by atoms with Gasteiger partial charge in [-0.2, -0.15) is 0 Å². The van der Waals surface area contributed by atoms with E-state index in [0.717, 1.165) is 0 Å². The van der Waals surface area contributed by atoms with Crippen LogP contribution in [-0.2, 0) is 14.2 Å². The Bertz CT molecular complexity index is 433. The number of halogens is 1. The van der Waals surface area contributed by atoms with Gasteiger partial charge in [0.15, 0.2) is 6.29 Å². The number of carbonyl (C=O) groups is 1. The predicted molar refractivity (Wildman–Crippen MR) is 68.0 cm³/mol. The summed E-state index contributed by atoms with van der Waals surface area (Å²) < 4.78 is 15.4. The number of ether oxygens (including phenoxy) is 3. The summed E-state index contributed by atoms with van der Waals surface area (Å²) in [4.78, 5) is 11.7. The largest absolute Gasteiger partial charge is 0.459 e. The third kappa shape index (κ3) is 3.67. The van der Waals surface area contributed by atoms with E-state index in [-0.39, 0.29) is 6.61 Å². The van der Waals surface area contributed by atoms with Crippen LogP contribution in [0.2, 0.25) is 5.02 Å². The van der Waals surface area contributed by atoms with Crippen LogP contribution in [0.4, 0.5) is 0 Å². The number of esters is 1. The van der Waals surface area contributed by atoms with Gasteiger partial charge in [0, 0.05) is 18.6 Å². The minimum absolute atomic E-state index is 0.0114. The zero-order chi connectivity index (χ0) is 13.8. The van der Waals surface area contributed by atoms with Crippen molar-refractivity contribution in [3.8, 4) is 0 Å². The normalized spacial score (nSPS) is 26.4. The molecule has 1 unspecified atom stereocenters. The Kier molecular flexibility index (Phi) is 4.76. The second kappa shape index (κ2) is 6.34. The van der Waals surface area contributed by atoms with Crippen LogP contribution in [0, 0.1) is 0 Å². The van der Waals surface area contributed by atoms with Crippen LogP contribution in [0.3, 0.4) is 0 Å². The molecule has 0 radical (unpaired) electrons. The number of aliphatic hydroxyl groups excluding tert-OH is 1. The number of hydrogen-bond donors (Lipinski definition) is 1. The molecule has 104 valence electrons. The fourth-order valence-electron chi connectivity index (χ4n) is 1.82. The number of rotatable bonds is 4. The van der Waals surface area contributed by atoms with Gasteiger partial charge in [0.2, 0.25) is 0 Å². The van der Waals surface area contributed by atoms with Gasteiger partial charge in [0.1, 0.15) is 12.7 Å². The lowest BCUT2D eigenvalue weighted by Gasteiger charge is -2.14. The second-order valence-electron chi connectivity index (χ2n) is 4.25. The van der Waals surface area contributed by atoms with Gasteiger partial charge in [-0.1, -0.05) is 11.6 Å². The average Bonchev–Trinajstić information content (AvgIpc) is 2.77. The molecule has 6 heteroatoms. The van der Waals surface area contributed by atoms with E-state index < -0.39 is 24.5 Å². The molecule has 19 heavy (non-hydrogen) atoms. The van der Waals surface area contributed by atoms with Crippen molar-refractivity contribution >= 4 is 17.6 Å². The molecule has 1 saturated heterocycles. The van der Waals surface area contributed by atoms with Gasteiger partial charge in [-0.3, -0.25) is 0 Å². The second-order valence-corrected chi connectivity index (χ2v) is 4.68. The first kappa shape index (κ1) is 14.3. The Morgan fingerprint density at radius 3 is 2.74 bits per heavy atom. The van der Waals surface area contributed by atoms with Crippen molar-refractivity contribution in [2.24, 2.45) is 0 Å². The number of carbonyl (C=O) groups excluding carboxylic acids is 1. The molecule has 2 rings (SSSR count). The summed E-state index contributed by atoms with van der Waals surface area (Å²) in [7, 11) is 1.50. The lowest BCUT2D eigenvalue weighted by molar-refractivity contribution is -0.128. The lowest BCUT2D eigenvalue weighted by Crippen LogP contribution is -2.28. The molecule has 0 saturated carbocycles. The molecule has 1 N–H and O–H groups in total. The van der Waals surface area contributed by atoms with Gasteiger partial charge < -0.3 is 19.3 Å². The van der Waals surface area contributed by atoms with Gasteiger partial charge in [-0.15, -0.1) is 0 Å². The van der Waals surface area contributed by atoms with Crippen molar-refractivity contribution in [2.45, 2.75) is 24.9 Å². The third-order valence-electron chi connectivity index (χ3n) is 2.91. The molecule has 5 nitrogen and oxygen atoms in total. The van der Waals surface area contributed by atoms with Crippen LogP contribution in [-0.4, -0.2) is 43.3 Å². The van der Waals surface area contributed by atoms with Crippen molar-refractivity contribution in [1.29, 1.82) is 0 Å². The van der Waals surface area contributed by atoms with Crippen molar-refractivity contribution in [2.75, 3.05) is 13.7 Å². The van der Waals surface area contributed by atoms with E-state index in [9.17, 15) is 9.90 Å². The summed E-state index contributed by atoms with van der Waals surface area (Å²) >= 11 is 5.73. The summed E-state index contributed by atoms with van der Waals surface area (Å²) in [5.41, 5.74) is 0.403. The first-order valence-electron chi connectivity index (χ1n) is 5.89. The minimum Gasteiger partial charge on any atom is -0.459 e. The van der Waals surface area contributed by atoms with Gasteiger partial charge in [-0.05, 0) is 24.3 Å². The fraction of sp³-hybridized carbons (Fsp3) is 0.462. The van der Waals surface area contributed by atoms with Gasteiger partial charge in [0.25, 0.3) is 0 Å². The monoisotopic (exact) mass is 286 g/mol. The fourth-order valence-corrected chi connectivity index (χ4v) is 1.95. The van der Waals surface area contributed by atoms with E-state index in [0.29, 0.717) is 17.0 Å². The summed E-state index contributed by atoms with van der Waals surface area (Å²) in [5.74, 6) is -0.478. The molecule has 0 aromatic heterocycles. The Morgan fingerprint density at radius 1 is 1.47 bits per heavy atom. The van der Waals surface area contributed by atoms with E-state index in [1.54, 1.807) is 24.3 Å². The number of hydrogen-bond acceptors (Lipinski definition) is 5. The SMILES string of the molecule is COC1C[C@H](O)[C@@H](COC(=O)c2ccc(Cl)cc2)O1. The summed E-state index contributed by atoms with van der Waals surface area (Å²) in [6.45, 7) is -0.0114. The molecule has 1 aliphatic rings. The molecule has 1 aliphatic heterocycles. The summed E-state index contributed by atoms with van der Waals surface area (Å²) in [6.07, 6.45) is -1.32. The maximum atomic E-state index is 11.7. The molecule has 0 amide bonds. The van der Waals surface area contributed by atoms with Crippen molar-refractivity contribution in [3.63, 3.8) is 0 Å². The van der Waals surface area contributed by atoms with Crippen LogP contribution < -0.4 is 0 Å². The molecule has 3 atom stereocenters. The minimum atomic E-state index is -0.692. The summed E-state index contributed by atoms with van der Waals surface area (Å²) in [5, 5.41) is 10.2. The highest BCUT2D eigenvalue weighted by Crippen LogP contribution is 2.21. The number of benzene rings is 1. The van der Waals surface area contributed by atoms with E-state index in [1.165, 1.54) is 7.11 Å². The van der Waals surface area contributed by atoms with Crippen LogP contribution in [0.1, 0.15) is 16.8 Å². The standard InChI is InChI=1S/C13H15ClO5/c1-17-12-6-10(15)11(19-12)7-18-13(16)8-2-4-9(14)5-3-8/h2-5,10-12,15H,6-7H2,1H3/t10-,11+,12?/m0/s1. The van der Waals surface area contributed by atoms with Crippen molar-refractivity contribution in [3.05, 3.63) is 34.9 Å². The van der Waals surface area contributed by atoms with Gasteiger partial charge >= 0.3 is 5.97 Å². The van der Waals surface area contributed by atoms with Gasteiger partial charge in [0.05, 0.1) is 11.7 Å². The lowest BCUT2D eigenvalue weighted by atomic mass is 10.2. The Morgan fingerprint density at radius 2 is 2.16 bits per heavy atom. The zero-order valence-corrected chi connectivity index (χ0v) is 11.2. The van der Waals surface area contributed by atoms with E-state index >= 15 is 0 Å². The van der Waals surface area contributed by atoms with Crippen LogP contribution in [0.25, 0.3) is 0 Å². The number of aliphatic hydroxyl groups is 1. The van der Waals surface area contributed by atoms with E-state index in [1.807, 2.05) is 0 Å². The Balaban J connectivity index is 1.85. The predicted octanol–water partition coefficient (Wildman–Crippen LogP) is 1.62. The van der Waals surface area contributed by atoms with Crippen LogP contribution >= 0.6 is 11.6 Å². The highest BCUT2D eigenvalue weighted by atomic mass is 35.5. The van der Waals surface area contributed by atoms with Crippen molar-refractivity contribution < 1.29 is 24.1 Å². The first-order chi connectivity index (χ1) is 9.10. The molecule has 1 aromatic rings. The first-order valence-corrected chi connectivity index (χ1v) is 6.27. The molecule has 0 spiro atoms. The summed E-state index contributed by atoms with van der Waals surface area (Å²) in [6, 6.07) is 6.38. The van der Waals surface area contributed by atoms with Crippen LogP contribution in [0.5, 0.6) is 0 Å². The third-order valence-corrected chi connectivity index (χ3v) is 3.16. The molecular weight excluding hydrogens is 272 g/mol. The molecule has 1 fully saturated rings. The molecule has 1 heterocycles. The van der Waals surface area contributed by atoms with Gasteiger partial charge in [-0.25, -0.2) is 4.79 Å². The number of methoxy groups -OCH3 is 1. The maximum absolute atomic E-state index is 11.7. The maximum Gasteiger partial charge on any atom is 0.338 e. The molecular formula is C13H15ClO5.